The molecule has 116 valence electrons. The van der Waals surface area contributed by atoms with Gasteiger partial charge in [0.1, 0.15) is 5.76 Å². The van der Waals surface area contributed by atoms with Gasteiger partial charge >= 0.3 is 0 Å². The lowest BCUT2D eigenvalue weighted by atomic mass is 9.95. The minimum absolute atomic E-state index is 0.0203. The van der Waals surface area contributed by atoms with Crippen molar-refractivity contribution in [3.05, 3.63) is 75.8 Å². The smallest absolute Gasteiger partial charge is 0.293 e. The number of aliphatic hydroxyl groups excluding tert-OH is 1. The predicted octanol–water partition coefficient (Wildman–Crippen LogP) is 3.36. The summed E-state index contributed by atoms with van der Waals surface area (Å²) in [6.45, 7) is 1.92. The van der Waals surface area contributed by atoms with Crippen molar-refractivity contribution in [3.63, 3.8) is 0 Å². The molecule has 0 saturated carbocycles. The molecule has 1 fully saturated rings. The van der Waals surface area contributed by atoms with Crippen molar-refractivity contribution in [3.8, 4) is 0 Å². The molecular formula is C18H14ClNO3. The highest BCUT2D eigenvalue weighted by molar-refractivity contribution is 6.47. The van der Waals surface area contributed by atoms with Gasteiger partial charge in [-0.15, -0.1) is 0 Å². The van der Waals surface area contributed by atoms with Crippen LogP contribution in [0, 0.1) is 6.92 Å². The minimum atomic E-state index is -0.759. The number of nitrogens with one attached hydrogen (secondary N) is 1. The average molecular weight is 328 g/mol. The van der Waals surface area contributed by atoms with Gasteiger partial charge in [0.25, 0.3) is 11.7 Å². The maximum atomic E-state index is 12.2. The molecule has 0 spiro atoms. The summed E-state index contributed by atoms with van der Waals surface area (Å²) >= 11 is 6.17. The van der Waals surface area contributed by atoms with Crippen molar-refractivity contribution in [2.24, 2.45) is 0 Å². The van der Waals surface area contributed by atoms with E-state index in [1.165, 1.54) is 0 Å². The molecule has 5 heteroatoms. The molecule has 1 aliphatic heterocycles. The van der Waals surface area contributed by atoms with E-state index < -0.39 is 17.7 Å². The van der Waals surface area contributed by atoms with Crippen molar-refractivity contribution >= 4 is 29.1 Å². The van der Waals surface area contributed by atoms with E-state index in [2.05, 4.69) is 5.32 Å². The first kappa shape index (κ1) is 15.3. The average Bonchev–Trinajstić information content (AvgIpc) is 2.83. The molecule has 0 radical (unpaired) electrons. The molecule has 1 unspecified atom stereocenters. The van der Waals surface area contributed by atoms with E-state index in [4.69, 9.17) is 11.6 Å². The number of Topliss-reactive ketones (excluding diaryl/α,β-unsaturated/α-hetero) is 1. The zero-order valence-electron chi connectivity index (χ0n) is 12.3. The van der Waals surface area contributed by atoms with Crippen molar-refractivity contribution in [2.45, 2.75) is 13.0 Å². The van der Waals surface area contributed by atoms with Gasteiger partial charge in [-0.3, -0.25) is 9.59 Å². The van der Waals surface area contributed by atoms with E-state index >= 15 is 0 Å². The first-order chi connectivity index (χ1) is 11.0. The maximum absolute atomic E-state index is 12.2. The lowest BCUT2D eigenvalue weighted by Crippen LogP contribution is -2.21. The monoisotopic (exact) mass is 327 g/mol. The molecule has 2 aromatic carbocycles. The third-order valence-electron chi connectivity index (χ3n) is 3.81. The standard InChI is InChI=1S/C18H14ClNO3/c1-10-6-8-11(9-7-10)16(21)14-15(20-18(23)17(14)22)12-4-2-3-5-13(12)19/h2-9,15,21H,1H3,(H,20,23)/b16-14-. The van der Waals surface area contributed by atoms with Crippen LogP contribution in [0.4, 0.5) is 0 Å². The Hall–Kier alpha value is -2.59. The Morgan fingerprint density at radius 2 is 1.74 bits per heavy atom. The Balaban J connectivity index is 2.15. The van der Waals surface area contributed by atoms with Crippen LogP contribution in [0.25, 0.3) is 5.76 Å². The molecule has 23 heavy (non-hydrogen) atoms. The summed E-state index contributed by atoms with van der Waals surface area (Å²) in [5.74, 6) is -1.70. The highest BCUT2D eigenvalue weighted by Crippen LogP contribution is 2.35. The maximum Gasteiger partial charge on any atom is 0.293 e. The number of aliphatic hydroxyl groups is 1. The van der Waals surface area contributed by atoms with Crippen LogP contribution in [0.5, 0.6) is 0 Å². The number of aryl methyl sites for hydroxylation is 1. The van der Waals surface area contributed by atoms with Crippen LogP contribution >= 0.6 is 11.6 Å². The fourth-order valence-corrected chi connectivity index (χ4v) is 2.82. The molecule has 0 aliphatic carbocycles. The van der Waals surface area contributed by atoms with Crippen LogP contribution in [0.3, 0.4) is 0 Å². The van der Waals surface area contributed by atoms with E-state index in [1.807, 2.05) is 19.1 Å². The third kappa shape index (κ3) is 2.73. The summed E-state index contributed by atoms with van der Waals surface area (Å²) < 4.78 is 0. The van der Waals surface area contributed by atoms with E-state index in [9.17, 15) is 14.7 Å². The van der Waals surface area contributed by atoms with Gasteiger partial charge < -0.3 is 10.4 Å². The summed E-state index contributed by atoms with van der Waals surface area (Å²) in [5.41, 5.74) is 2.10. The molecule has 0 bridgehead atoms. The Morgan fingerprint density at radius 1 is 1.09 bits per heavy atom. The van der Waals surface area contributed by atoms with Crippen LogP contribution in [0.15, 0.2) is 54.1 Å². The molecule has 0 aromatic heterocycles. The number of hydrogen-bond donors (Lipinski definition) is 2. The van der Waals surface area contributed by atoms with Gasteiger partial charge in [0.15, 0.2) is 0 Å². The molecule has 2 aromatic rings. The normalized spacial score (nSPS) is 19.7. The van der Waals surface area contributed by atoms with Crippen LogP contribution < -0.4 is 5.32 Å². The Bertz CT molecular complexity index is 824. The van der Waals surface area contributed by atoms with E-state index in [1.54, 1.807) is 36.4 Å². The number of ketones is 1. The molecule has 1 saturated heterocycles. The SMILES string of the molecule is Cc1ccc(/C(O)=C2/C(=O)C(=O)NC2c2ccccc2Cl)cc1. The largest absolute Gasteiger partial charge is 0.507 e. The van der Waals surface area contributed by atoms with Gasteiger partial charge in [0.05, 0.1) is 11.6 Å². The van der Waals surface area contributed by atoms with E-state index in [-0.39, 0.29) is 11.3 Å². The molecule has 2 N–H and O–H groups in total. The van der Waals surface area contributed by atoms with Crippen molar-refractivity contribution < 1.29 is 14.7 Å². The Kier molecular flexibility index (Phi) is 3.92. The number of benzene rings is 2. The number of amides is 1. The fraction of sp³-hybridized carbons (Fsp3) is 0.111. The van der Waals surface area contributed by atoms with Crippen LogP contribution in [-0.4, -0.2) is 16.8 Å². The second kappa shape index (κ2) is 5.89. The summed E-state index contributed by atoms with van der Waals surface area (Å²) in [5, 5.41) is 13.5. The van der Waals surface area contributed by atoms with Crippen LogP contribution in [0.1, 0.15) is 22.7 Å². The predicted molar refractivity (Wildman–Crippen MR) is 88.1 cm³/mol. The lowest BCUT2D eigenvalue weighted by molar-refractivity contribution is -0.133. The number of carbonyl (C=O) groups is 2. The summed E-state index contributed by atoms with van der Waals surface area (Å²) in [7, 11) is 0. The topological polar surface area (TPSA) is 66.4 Å². The molecule has 1 aliphatic rings. The zero-order valence-corrected chi connectivity index (χ0v) is 13.1. The van der Waals surface area contributed by atoms with E-state index in [0.29, 0.717) is 16.1 Å². The van der Waals surface area contributed by atoms with Gasteiger partial charge in [-0.05, 0) is 18.6 Å². The third-order valence-corrected chi connectivity index (χ3v) is 4.16. The Labute approximate surface area is 138 Å². The number of halogens is 1. The van der Waals surface area contributed by atoms with Crippen LogP contribution in [-0.2, 0) is 9.59 Å². The van der Waals surface area contributed by atoms with Crippen LogP contribution in [0.2, 0.25) is 5.02 Å². The van der Waals surface area contributed by atoms with Crippen molar-refractivity contribution in [1.82, 2.24) is 5.32 Å². The van der Waals surface area contributed by atoms with Gasteiger partial charge in [-0.2, -0.15) is 0 Å². The fourth-order valence-electron chi connectivity index (χ4n) is 2.58. The summed E-state index contributed by atoms with van der Waals surface area (Å²) in [6.07, 6.45) is 0. The van der Waals surface area contributed by atoms with Gasteiger partial charge in [-0.1, -0.05) is 59.6 Å². The number of rotatable bonds is 2. The zero-order chi connectivity index (χ0) is 16.6. The summed E-state index contributed by atoms with van der Waals surface area (Å²) in [4.78, 5) is 24.0. The second-order valence-corrected chi connectivity index (χ2v) is 5.79. The number of hydrogen-bond acceptors (Lipinski definition) is 3. The molecule has 3 rings (SSSR count). The minimum Gasteiger partial charge on any atom is -0.507 e. The lowest BCUT2D eigenvalue weighted by Gasteiger charge is -2.15. The highest BCUT2D eigenvalue weighted by Gasteiger charge is 2.40. The van der Waals surface area contributed by atoms with Gasteiger partial charge in [0.2, 0.25) is 0 Å². The van der Waals surface area contributed by atoms with Gasteiger partial charge in [-0.25, -0.2) is 0 Å². The second-order valence-electron chi connectivity index (χ2n) is 5.39. The molecular weight excluding hydrogens is 314 g/mol. The quantitative estimate of drug-likeness (QED) is 0.505. The molecule has 1 amide bonds. The van der Waals surface area contributed by atoms with Crippen molar-refractivity contribution in [2.75, 3.05) is 0 Å². The molecule has 1 atom stereocenters. The van der Waals surface area contributed by atoms with Crippen molar-refractivity contribution in [1.29, 1.82) is 0 Å². The van der Waals surface area contributed by atoms with E-state index in [0.717, 1.165) is 5.56 Å². The summed E-state index contributed by atoms with van der Waals surface area (Å²) in [6, 6.07) is 13.2. The highest BCUT2D eigenvalue weighted by atomic mass is 35.5. The molecule has 1 heterocycles. The number of carbonyl (C=O) groups excluding carboxylic acids is 2. The first-order valence-electron chi connectivity index (χ1n) is 7.09. The molecule has 4 nitrogen and oxygen atoms in total. The van der Waals surface area contributed by atoms with Gasteiger partial charge in [0, 0.05) is 10.6 Å². The first-order valence-corrected chi connectivity index (χ1v) is 7.46. The Morgan fingerprint density at radius 3 is 2.39 bits per heavy atom.